The van der Waals surface area contributed by atoms with Crippen LogP contribution in [0.4, 0.5) is 0 Å². The van der Waals surface area contributed by atoms with Crippen LogP contribution in [-0.4, -0.2) is 59.1 Å². The normalized spacial score (nSPS) is 9.83. The van der Waals surface area contributed by atoms with Crippen molar-refractivity contribution in [3.8, 4) is 0 Å². The zero-order valence-electron chi connectivity index (χ0n) is 10.4. The maximum Gasteiger partial charge on any atom is 0.140 e. The Balaban J connectivity index is 0.000000810. The minimum absolute atomic E-state index is 0. The van der Waals surface area contributed by atoms with E-state index in [2.05, 4.69) is 0 Å². The summed E-state index contributed by atoms with van der Waals surface area (Å²) in [6, 6.07) is 11.4. The van der Waals surface area contributed by atoms with Gasteiger partial charge in [-0.05, 0) is 36.4 Å². The molecule has 3 aromatic heterocycles. The van der Waals surface area contributed by atoms with Crippen LogP contribution in [0.3, 0.4) is 0 Å². The predicted molar refractivity (Wildman–Crippen MR) is 73.5 cm³/mol. The van der Waals surface area contributed by atoms with Crippen molar-refractivity contribution in [3.63, 3.8) is 0 Å². The third kappa shape index (κ3) is 3.43. The van der Waals surface area contributed by atoms with Crippen LogP contribution >= 0.6 is 7.92 Å². The summed E-state index contributed by atoms with van der Waals surface area (Å²) in [5, 5.41) is 0. The topological polar surface area (TPSA) is 39.4 Å². The fourth-order valence-electron chi connectivity index (χ4n) is 1.52. The fourth-order valence-corrected chi connectivity index (χ4v) is 3.37. The average molecular weight is 278 g/mol. The van der Waals surface area contributed by atoms with E-state index in [1.807, 2.05) is 36.4 Å². The Hall–Kier alpha value is 0.270. The first-order valence-corrected chi connectivity index (χ1v) is 6.20. The molecule has 82 valence electrons. The molecule has 18 heavy (non-hydrogen) atoms. The van der Waals surface area contributed by atoms with Gasteiger partial charge in [-0.2, -0.15) is 0 Å². The van der Waals surface area contributed by atoms with Crippen LogP contribution < -0.4 is 16.5 Å². The molecule has 3 aromatic rings. The predicted octanol–water partition coefficient (Wildman–Crippen LogP) is 1.46. The van der Waals surface area contributed by atoms with Crippen molar-refractivity contribution in [3.05, 3.63) is 55.2 Å². The van der Waals surface area contributed by atoms with Crippen molar-refractivity contribution < 1.29 is 13.3 Å². The molecule has 0 amide bonds. The molecule has 3 heterocycles. The quantitative estimate of drug-likeness (QED) is 0.538. The number of rotatable bonds is 3. The van der Waals surface area contributed by atoms with E-state index >= 15 is 0 Å². The minimum Gasteiger partial charge on any atom is -0.464 e. The number of furan rings is 3. The summed E-state index contributed by atoms with van der Waals surface area (Å²) in [6.45, 7) is 0. The van der Waals surface area contributed by atoms with E-state index in [1.165, 1.54) is 0 Å². The Bertz CT molecular complexity index is 450. The van der Waals surface area contributed by atoms with Crippen LogP contribution in [0, 0.1) is 0 Å². The molecule has 0 aromatic carbocycles. The molecular formula is C12H9Na2O3P. The zero-order chi connectivity index (χ0) is 10.8. The Labute approximate surface area is 150 Å². The molecule has 0 atom stereocenters. The second kappa shape index (κ2) is 7.76. The summed E-state index contributed by atoms with van der Waals surface area (Å²) >= 11 is 0. The molecule has 0 spiro atoms. The van der Waals surface area contributed by atoms with E-state index in [9.17, 15) is 0 Å². The first kappa shape index (κ1) is 16.3. The van der Waals surface area contributed by atoms with Crippen LogP contribution in [0.5, 0.6) is 0 Å². The largest absolute Gasteiger partial charge is 0.464 e. The van der Waals surface area contributed by atoms with Crippen molar-refractivity contribution in [1.29, 1.82) is 0 Å². The Morgan fingerprint density at radius 3 is 1.17 bits per heavy atom. The Morgan fingerprint density at radius 2 is 0.944 bits per heavy atom. The van der Waals surface area contributed by atoms with Gasteiger partial charge in [0.1, 0.15) is 24.4 Å². The van der Waals surface area contributed by atoms with Crippen molar-refractivity contribution in [2.75, 3.05) is 0 Å². The van der Waals surface area contributed by atoms with Gasteiger partial charge in [0.15, 0.2) is 0 Å². The third-order valence-electron chi connectivity index (χ3n) is 2.18. The van der Waals surface area contributed by atoms with E-state index in [-0.39, 0.29) is 59.1 Å². The van der Waals surface area contributed by atoms with Crippen LogP contribution in [0.2, 0.25) is 0 Å². The van der Waals surface area contributed by atoms with Crippen LogP contribution in [0.1, 0.15) is 0 Å². The Morgan fingerprint density at radius 1 is 0.611 bits per heavy atom. The van der Waals surface area contributed by atoms with Crippen molar-refractivity contribution in [2.24, 2.45) is 0 Å². The molecule has 0 N–H and O–H groups in total. The maximum absolute atomic E-state index is 5.45. The van der Waals surface area contributed by atoms with E-state index in [0.717, 1.165) is 16.5 Å². The van der Waals surface area contributed by atoms with Gasteiger partial charge in [-0.25, -0.2) is 0 Å². The van der Waals surface area contributed by atoms with Gasteiger partial charge < -0.3 is 13.3 Å². The molecule has 0 bridgehead atoms. The van der Waals surface area contributed by atoms with Gasteiger partial charge in [0.2, 0.25) is 0 Å². The maximum atomic E-state index is 5.45. The molecule has 6 heteroatoms. The van der Waals surface area contributed by atoms with E-state index in [4.69, 9.17) is 13.3 Å². The molecule has 0 aliphatic carbocycles. The van der Waals surface area contributed by atoms with Gasteiger partial charge in [0, 0.05) is 59.1 Å². The summed E-state index contributed by atoms with van der Waals surface area (Å²) in [6.07, 6.45) is 4.99. The van der Waals surface area contributed by atoms with Gasteiger partial charge >= 0.3 is 0 Å². The monoisotopic (exact) mass is 278 g/mol. The van der Waals surface area contributed by atoms with Crippen molar-refractivity contribution in [2.45, 2.75) is 0 Å². The zero-order valence-corrected chi connectivity index (χ0v) is 15.3. The number of hydrogen-bond donors (Lipinski definition) is 0. The SMILES string of the molecule is [Na].[Na].c1coc(P(c2ccco2)c2ccco2)c1. The smallest absolute Gasteiger partial charge is 0.140 e. The molecule has 0 saturated carbocycles. The molecule has 0 aliphatic heterocycles. The second-order valence-electron chi connectivity index (χ2n) is 3.19. The summed E-state index contributed by atoms with van der Waals surface area (Å²) in [5.74, 6) is 0. The third-order valence-corrected chi connectivity index (χ3v) is 4.27. The van der Waals surface area contributed by atoms with E-state index < -0.39 is 7.92 Å². The Kier molecular flexibility index (Phi) is 7.04. The first-order chi connectivity index (χ1) is 7.95. The summed E-state index contributed by atoms with van der Waals surface area (Å²) in [5.41, 5.74) is 2.62. The summed E-state index contributed by atoms with van der Waals surface area (Å²) in [7, 11) is -0.835. The van der Waals surface area contributed by atoms with E-state index in [0.29, 0.717) is 0 Å². The minimum atomic E-state index is -0.835. The molecule has 3 rings (SSSR count). The molecule has 0 saturated heterocycles. The van der Waals surface area contributed by atoms with Gasteiger partial charge in [0.25, 0.3) is 0 Å². The second-order valence-corrected chi connectivity index (χ2v) is 5.18. The summed E-state index contributed by atoms with van der Waals surface area (Å²) < 4.78 is 16.4. The van der Waals surface area contributed by atoms with Crippen molar-refractivity contribution in [1.82, 2.24) is 0 Å². The summed E-state index contributed by atoms with van der Waals surface area (Å²) in [4.78, 5) is 0. The van der Waals surface area contributed by atoms with Crippen LogP contribution in [-0.2, 0) is 0 Å². The molecule has 0 unspecified atom stereocenters. The van der Waals surface area contributed by atoms with Gasteiger partial charge in [-0.1, -0.05) is 0 Å². The van der Waals surface area contributed by atoms with Gasteiger partial charge in [0.05, 0.1) is 18.8 Å². The number of hydrogen-bond acceptors (Lipinski definition) is 3. The molecular weight excluding hydrogens is 269 g/mol. The standard InChI is InChI=1S/C12H9O3P.2Na/c1-4-10(13-7-1)16(11-5-2-8-14-11)12-6-3-9-15-12;;/h1-9H;;. The van der Waals surface area contributed by atoms with Crippen LogP contribution in [0.25, 0.3) is 0 Å². The first-order valence-electron chi connectivity index (χ1n) is 4.86. The fraction of sp³-hybridized carbons (Fsp3) is 0. The molecule has 0 aliphatic rings. The molecule has 2 radical (unpaired) electrons. The van der Waals surface area contributed by atoms with Gasteiger partial charge in [-0.15, -0.1) is 0 Å². The van der Waals surface area contributed by atoms with Crippen molar-refractivity contribution >= 4 is 83.5 Å². The van der Waals surface area contributed by atoms with Crippen LogP contribution in [0.15, 0.2) is 68.4 Å². The van der Waals surface area contributed by atoms with Gasteiger partial charge in [-0.3, -0.25) is 0 Å². The van der Waals surface area contributed by atoms with E-state index in [1.54, 1.807) is 18.8 Å². The molecule has 0 fully saturated rings. The molecule has 3 nitrogen and oxygen atoms in total. The average Bonchev–Trinajstić information content (AvgIpc) is 3.02.